The summed E-state index contributed by atoms with van der Waals surface area (Å²) in [6.45, 7) is 9.31. The minimum absolute atomic E-state index is 0.0760. The number of likely N-dealkylation sites (tertiary alicyclic amines) is 1. The number of hydrogen-bond donors (Lipinski definition) is 3. The lowest BCUT2D eigenvalue weighted by Gasteiger charge is -2.35. The van der Waals surface area contributed by atoms with Crippen molar-refractivity contribution in [2.45, 2.75) is 102 Å². The normalized spacial score (nSPS) is 22.5. The van der Waals surface area contributed by atoms with Gasteiger partial charge in [0, 0.05) is 88.4 Å². The van der Waals surface area contributed by atoms with Crippen LogP contribution in [0.3, 0.4) is 0 Å². The fraction of sp³-hybridized carbons (Fsp3) is 0.532. The molecule has 9 rings (SSSR count). The molecular weight excluding hydrogens is 834 g/mol. The van der Waals surface area contributed by atoms with Crippen molar-refractivity contribution in [3.63, 3.8) is 0 Å². The van der Waals surface area contributed by atoms with Gasteiger partial charge in [-0.25, -0.2) is 14.4 Å². The maximum Gasteiger partial charge on any atom is 0.264 e. The summed E-state index contributed by atoms with van der Waals surface area (Å²) in [4.78, 5) is 86.3. The molecule has 3 N–H and O–H groups in total. The molecular formula is C47H58FN11O6. The Labute approximate surface area is 377 Å². The molecule has 17 nitrogen and oxygen atoms in total. The van der Waals surface area contributed by atoms with E-state index in [2.05, 4.69) is 59.1 Å². The number of piperidine rings is 4. The highest BCUT2D eigenvalue weighted by Gasteiger charge is 2.46. The Kier molecular flexibility index (Phi) is 12.8. The second kappa shape index (κ2) is 18.8. The number of aromatic nitrogens is 4. The molecule has 18 heteroatoms. The topological polar surface area (TPSA) is 187 Å². The summed E-state index contributed by atoms with van der Waals surface area (Å²) in [5.41, 5.74) is 2.88. The highest BCUT2D eigenvalue weighted by atomic mass is 19.1. The van der Waals surface area contributed by atoms with E-state index in [1.807, 2.05) is 23.2 Å². The number of halogens is 1. The third-order valence-corrected chi connectivity index (χ3v) is 13.9. The molecule has 0 spiro atoms. The third-order valence-electron chi connectivity index (χ3n) is 13.9. The Morgan fingerprint density at radius 2 is 1.72 bits per heavy atom. The van der Waals surface area contributed by atoms with Crippen LogP contribution in [0.15, 0.2) is 48.9 Å². The van der Waals surface area contributed by atoms with Crippen LogP contribution in [0.1, 0.15) is 109 Å². The molecule has 0 radical (unpaired) electrons. The molecule has 65 heavy (non-hydrogen) atoms. The van der Waals surface area contributed by atoms with Gasteiger partial charge in [0.05, 0.1) is 40.5 Å². The smallest absolute Gasteiger partial charge is 0.264 e. The third kappa shape index (κ3) is 9.15. The molecule has 4 saturated heterocycles. The van der Waals surface area contributed by atoms with Gasteiger partial charge >= 0.3 is 0 Å². The fourth-order valence-electron chi connectivity index (χ4n) is 10.2. The van der Waals surface area contributed by atoms with Gasteiger partial charge in [-0.05, 0) is 95.9 Å². The van der Waals surface area contributed by atoms with Gasteiger partial charge in [-0.3, -0.25) is 34.2 Å². The van der Waals surface area contributed by atoms with E-state index in [1.165, 1.54) is 7.11 Å². The quantitative estimate of drug-likeness (QED) is 0.152. The van der Waals surface area contributed by atoms with E-state index in [1.54, 1.807) is 30.6 Å². The van der Waals surface area contributed by atoms with Crippen LogP contribution in [-0.2, 0) is 14.3 Å². The van der Waals surface area contributed by atoms with Crippen molar-refractivity contribution in [3.05, 3.63) is 65.6 Å². The van der Waals surface area contributed by atoms with Crippen molar-refractivity contribution in [2.24, 2.45) is 5.92 Å². The van der Waals surface area contributed by atoms with Crippen molar-refractivity contribution >= 4 is 63.7 Å². The Morgan fingerprint density at radius 3 is 2.46 bits per heavy atom. The summed E-state index contributed by atoms with van der Waals surface area (Å²) < 4.78 is 22.0. The predicted molar refractivity (Wildman–Crippen MR) is 242 cm³/mol. The van der Waals surface area contributed by atoms with Crippen LogP contribution in [0.5, 0.6) is 0 Å². The first kappa shape index (κ1) is 44.2. The fourth-order valence-corrected chi connectivity index (χ4v) is 10.2. The average Bonchev–Trinajstić information content (AvgIpc) is 3.81. The Balaban J connectivity index is 0.736. The highest BCUT2D eigenvalue weighted by molar-refractivity contribution is 6.25. The lowest BCUT2D eigenvalue weighted by molar-refractivity contribution is -0.136. The number of alkyl halides is 1. The van der Waals surface area contributed by atoms with Gasteiger partial charge in [0.25, 0.3) is 17.7 Å². The molecule has 1 aromatic carbocycles. The first-order valence-electron chi connectivity index (χ1n) is 23.1. The Bertz CT molecular complexity index is 2460. The number of pyridine rings is 1. The van der Waals surface area contributed by atoms with E-state index in [0.29, 0.717) is 53.2 Å². The number of benzene rings is 1. The molecule has 4 aromatic rings. The van der Waals surface area contributed by atoms with E-state index >= 15 is 0 Å². The molecule has 344 valence electrons. The predicted octanol–water partition coefficient (Wildman–Crippen LogP) is 5.01. The van der Waals surface area contributed by atoms with Crippen LogP contribution in [-0.4, -0.2) is 136 Å². The number of carbonyl (C=O) groups excluding carboxylic acids is 5. The Morgan fingerprint density at radius 1 is 0.938 bits per heavy atom. The molecule has 5 aliphatic heterocycles. The van der Waals surface area contributed by atoms with E-state index in [4.69, 9.17) is 4.74 Å². The lowest BCUT2D eigenvalue weighted by Crippen LogP contribution is -2.54. The van der Waals surface area contributed by atoms with Gasteiger partial charge in [-0.1, -0.05) is 6.07 Å². The van der Waals surface area contributed by atoms with Gasteiger partial charge in [0.1, 0.15) is 23.8 Å². The Hall–Kier alpha value is -6.01. The average molecular weight is 892 g/mol. The maximum atomic E-state index is 14.6. The number of fused-ring (bicyclic) bond motifs is 2. The molecule has 3 aromatic heterocycles. The van der Waals surface area contributed by atoms with Crippen LogP contribution in [0.4, 0.5) is 27.7 Å². The van der Waals surface area contributed by atoms with Crippen LogP contribution in [0.25, 0.3) is 10.9 Å². The van der Waals surface area contributed by atoms with E-state index in [0.717, 1.165) is 92.7 Å². The zero-order valence-electron chi connectivity index (χ0n) is 37.3. The molecule has 8 heterocycles. The second-order valence-corrected chi connectivity index (χ2v) is 18.3. The van der Waals surface area contributed by atoms with Gasteiger partial charge in [-0.2, -0.15) is 4.98 Å². The minimum Gasteiger partial charge on any atom is -0.378 e. The molecule has 5 aliphatic rings. The number of rotatable bonds is 13. The zero-order chi connectivity index (χ0) is 45.4. The highest BCUT2D eigenvalue weighted by Crippen LogP contribution is 2.37. The largest absolute Gasteiger partial charge is 0.378 e. The van der Waals surface area contributed by atoms with Crippen LogP contribution in [0, 0.1) is 5.92 Å². The number of methoxy groups -OCH3 is 1. The first-order chi connectivity index (χ1) is 31.4. The number of nitrogens with zero attached hydrogens (tertiary/aromatic N) is 8. The van der Waals surface area contributed by atoms with Gasteiger partial charge in [0.15, 0.2) is 0 Å². The number of hydrogen-bond acceptors (Lipinski definition) is 13. The molecule has 3 unspecified atom stereocenters. The van der Waals surface area contributed by atoms with E-state index < -0.39 is 41.9 Å². The molecule has 4 fully saturated rings. The molecule has 0 saturated carbocycles. The van der Waals surface area contributed by atoms with Gasteiger partial charge in [-0.15, -0.1) is 0 Å². The van der Waals surface area contributed by atoms with E-state index in [-0.39, 0.29) is 37.4 Å². The van der Waals surface area contributed by atoms with Crippen molar-refractivity contribution in [3.8, 4) is 0 Å². The van der Waals surface area contributed by atoms with Gasteiger partial charge < -0.3 is 34.6 Å². The lowest BCUT2D eigenvalue weighted by atomic mass is 9.91. The number of ether oxygens (including phenoxy) is 1. The summed E-state index contributed by atoms with van der Waals surface area (Å²) >= 11 is 0. The van der Waals surface area contributed by atoms with Crippen LogP contribution in [0.2, 0.25) is 0 Å². The molecule has 5 amide bonds. The monoisotopic (exact) mass is 891 g/mol. The summed E-state index contributed by atoms with van der Waals surface area (Å²) in [7, 11) is 1.53. The van der Waals surface area contributed by atoms with Crippen LogP contribution < -0.4 is 25.8 Å². The summed E-state index contributed by atoms with van der Waals surface area (Å²) in [5, 5.41) is 9.63. The van der Waals surface area contributed by atoms with Crippen molar-refractivity contribution in [2.75, 3.05) is 68.0 Å². The van der Waals surface area contributed by atoms with Crippen LogP contribution >= 0.6 is 0 Å². The van der Waals surface area contributed by atoms with Crippen molar-refractivity contribution in [1.82, 2.24) is 40.0 Å². The van der Waals surface area contributed by atoms with Crippen molar-refractivity contribution in [1.29, 1.82) is 0 Å². The van der Waals surface area contributed by atoms with Crippen molar-refractivity contribution < 1.29 is 33.1 Å². The number of carbonyl (C=O) groups is 5. The number of amides is 5. The molecule has 3 atom stereocenters. The number of imide groups is 2. The maximum absolute atomic E-state index is 14.6. The van der Waals surface area contributed by atoms with E-state index in [9.17, 15) is 28.4 Å². The zero-order valence-corrected chi connectivity index (χ0v) is 37.3. The number of nitrogens with one attached hydrogen (secondary N) is 3. The SMILES string of the molecule is COC1CCN(c2nccc(Nc3cc4c(cn3)c(C(=O)NC3CCN(CCCC5CCN(c6cccc7c6C(=O)N(C6CCC(=O)NC6=O)C7=O)CC5)CC3)cn4C(C)C)n2)CC1F. The summed E-state index contributed by atoms with van der Waals surface area (Å²) in [6, 6.07) is 8.19. The standard InChI is InChI=1S/C47H58FN11O6/c1-28(2)58-26-33(32-25-50-40(24-37(32)58)52-39-11-17-49-47(53-39)57-23-16-38(65-3)34(48)27-57)43(61)51-30-14-19-55(20-15-30)18-5-6-29-12-21-56(22-13-29)35-8-4-7-31-42(35)46(64)59(45(31)63)36-9-10-41(60)54-44(36)62/h4,7-8,11,17,24-26,28-30,34,36,38H,5-6,9-10,12-16,18-23,27H2,1-3H3,(H,51,61)(H,54,60,62)(H,49,50,52,53). The number of anilines is 4. The second-order valence-electron chi connectivity index (χ2n) is 18.3. The molecule has 0 aliphatic carbocycles. The summed E-state index contributed by atoms with van der Waals surface area (Å²) in [5.74, 6) is 0.0594. The summed E-state index contributed by atoms with van der Waals surface area (Å²) in [6.07, 6.45) is 10.4. The van der Waals surface area contributed by atoms with Gasteiger partial charge in [0.2, 0.25) is 17.8 Å². The first-order valence-corrected chi connectivity index (χ1v) is 23.1. The minimum atomic E-state index is -1.12. The molecule has 0 bridgehead atoms.